The van der Waals surface area contributed by atoms with Gasteiger partial charge in [-0.25, -0.2) is 0 Å². The molecule has 0 bridgehead atoms. The summed E-state index contributed by atoms with van der Waals surface area (Å²) in [4.78, 5) is 27.5. The SMILES string of the molecule is O=C(CCCc1c[nH]c2ccccc12)Nc1ccccc1C(=O)NCC(F)(F)F. The largest absolute Gasteiger partial charge is 0.405 e. The van der Waals surface area contributed by atoms with Crippen LogP contribution in [0.15, 0.2) is 54.7 Å². The summed E-state index contributed by atoms with van der Waals surface area (Å²) in [7, 11) is 0. The minimum atomic E-state index is -4.50. The number of alkyl halides is 3. The van der Waals surface area contributed by atoms with Gasteiger partial charge in [0.15, 0.2) is 0 Å². The Bertz CT molecular complexity index is 1010. The fourth-order valence-electron chi connectivity index (χ4n) is 3.06. The van der Waals surface area contributed by atoms with Crippen LogP contribution >= 0.6 is 0 Å². The number of fused-ring (bicyclic) bond motifs is 1. The van der Waals surface area contributed by atoms with Gasteiger partial charge in [0.1, 0.15) is 6.54 Å². The minimum absolute atomic E-state index is 0.0123. The van der Waals surface area contributed by atoms with Crippen LogP contribution in [0.3, 0.4) is 0 Å². The van der Waals surface area contributed by atoms with Crippen molar-refractivity contribution in [2.24, 2.45) is 0 Å². The molecule has 3 aromatic rings. The predicted octanol–water partition coefficient (Wildman–Crippen LogP) is 4.42. The molecule has 8 heteroatoms. The second-order valence-electron chi connectivity index (χ2n) is 6.60. The number of nitrogens with one attached hydrogen (secondary N) is 3. The molecular weight excluding hydrogens is 383 g/mol. The highest BCUT2D eigenvalue weighted by Gasteiger charge is 2.28. The smallest absolute Gasteiger partial charge is 0.361 e. The number of carbonyl (C=O) groups excluding carboxylic acids is 2. The lowest BCUT2D eigenvalue weighted by Crippen LogP contribution is -2.34. The van der Waals surface area contributed by atoms with Gasteiger partial charge in [0.2, 0.25) is 5.91 Å². The third-order valence-electron chi connectivity index (χ3n) is 4.42. The molecule has 0 aliphatic carbocycles. The molecule has 0 spiro atoms. The van der Waals surface area contributed by atoms with Crippen LogP contribution in [0, 0.1) is 0 Å². The van der Waals surface area contributed by atoms with Crippen molar-refractivity contribution in [1.82, 2.24) is 10.3 Å². The first kappa shape index (κ1) is 20.4. The van der Waals surface area contributed by atoms with Crippen molar-refractivity contribution in [2.75, 3.05) is 11.9 Å². The molecule has 0 aliphatic rings. The first-order valence-corrected chi connectivity index (χ1v) is 9.12. The number of H-pyrrole nitrogens is 1. The Balaban J connectivity index is 1.56. The van der Waals surface area contributed by atoms with Gasteiger partial charge < -0.3 is 15.6 Å². The van der Waals surface area contributed by atoms with Gasteiger partial charge in [-0.2, -0.15) is 13.2 Å². The topological polar surface area (TPSA) is 74.0 Å². The summed E-state index contributed by atoms with van der Waals surface area (Å²) in [5.41, 5.74) is 2.32. The number of rotatable bonds is 7. The number of carbonyl (C=O) groups is 2. The molecule has 0 aliphatic heterocycles. The second-order valence-corrected chi connectivity index (χ2v) is 6.60. The number of para-hydroxylation sites is 2. The predicted molar refractivity (Wildman–Crippen MR) is 105 cm³/mol. The Labute approximate surface area is 165 Å². The summed E-state index contributed by atoms with van der Waals surface area (Å²) in [6.07, 6.45) is -1.07. The Morgan fingerprint density at radius 3 is 2.52 bits per heavy atom. The fraction of sp³-hybridized carbons (Fsp3) is 0.238. The molecule has 1 heterocycles. The van der Waals surface area contributed by atoms with E-state index in [4.69, 9.17) is 0 Å². The highest BCUT2D eigenvalue weighted by molar-refractivity contribution is 6.03. The van der Waals surface area contributed by atoms with E-state index >= 15 is 0 Å². The highest BCUT2D eigenvalue weighted by atomic mass is 19.4. The third kappa shape index (κ3) is 5.60. The molecule has 0 unspecified atom stereocenters. The zero-order valence-corrected chi connectivity index (χ0v) is 15.5. The Morgan fingerprint density at radius 1 is 1.00 bits per heavy atom. The van der Waals surface area contributed by atoms with Gasteiger partial charge in [0.25, 0.3) is 5.91 Å². The van der Waals surface area contributed by atoms with Gasteiger partial charge in [0, 0.05) is 23.5 Å². The van der Waals surface area contributed by atoms with Gasteiger partial charge in [-0.3, -0.25) is 9.59 Å². The van der Waals surface area contributed by atoms with Crippen LogP contribution in [-0.4, -0.2) is 29.5 Å². The quantitative estimate of drug-likeness (QED) is 0.546. The average Bonchev–Trinajstić information content (AvgIpc) is 3.09. The number of benzene rings is 2. The maximum Gasteiger partial charge on any atom is 0.405 e. The summed E-state index contributed by atoms with van der Waals surface area (Å²) in [6.45, 7) is -1.43. The Hall–Kier alpha value is -3.29. The lowest BCUT2D eigenvalue weighted by molar-refractivity contribution is -0.123. The Kier molecular flexibility index (Phi) is 6.21. The molecule has 0 saturated heterocycles. The molecule has 0 fully saturated rings. The monoisotopic (exact) mass is 403 g/mol. The lowest BCUT2D eigenvalue weighted by Gasteiger charge is -2.12. The summed E-state index contributed by atoms with van der Waals surface area (Å²) in [5, 5.41) is 5.54. The lowest BCUT2D eigenvalue weighted by atomic mass is 10.1. The first-order valence-electron chi connectivity index (χ1n) is 9.12. The van der Waals surface area contributed by atoms with Gasteiger partial charge in [0.05, 0.1) is 11.3 Å². The number of aryl methyl sites for hydroxylation is 1. The standard InChI is InChI=1S/C21H20F3N3O2/c22-21(23,24)13-26-20(29)16-8-2-4-10-18(16)27-19(28)11-5-6-14-12-25-17-9-3-1-7-15(14)17/h1-4,7-10,12,25H,5-6,11,13H2,(H,26,29)(H,27,28). The van der Waals surface area contributed by atoms with Crippen molar-refractivity contribution in [3.8, 4) is 0 Å². The van der Waals surface area contributed by atoms with Gasteiger partial charge >= 0.3 is 6.18 Å². The fourth-order valence-corrected chi connectivity index (χ4v) is 3.06. The number of anilines is 1. The van der Waals surface area contributed by atoms with E-state index in [9.17, 15) is 22.8 Å². The maximum atomic E-state index is 12.3. The zero-order valence-electron chi connectivity index (χ0n) is 15.5. The molecule has 5 nitrogen and oxygen atoms in total. The van der Waals surface area contributed by atoms with E-state index in [0.29, 0.717) is 12.8 Å². The van der Waals surface area contributed by atoms with Crippen molar-refractivity contribution in [1.29, 1.82) is 0 Å². The minimum Gasteiger partial charge on any atom is -0.361 e. The molecule has 3 N–H and O–H groups in total. The van der Waals surface area contributed by atoms with Crippen LogP contribution in [-0.2, 0) is 11.2 Å². The first-order chi connectivity index (χ1) is 13.8. The van der Waals surface area contributed by atoms with E-state index in [-0.39, 0.29) is 23.6 Å². The number of hydrogen-bond acceptors (Lipinski definition) is 2. The van der Waals surface area contributed by atoms with Crippen molar-refractivity contribution < 1.29 is 22.8 Å². The van der Waals surface area contributed by atoms with Crippen LogP contribution in [0.4, 0.5) is 18.9 Å². The molecule has 1 aromatic heterocycles. The zero-order chi connectivity index (χ0) is 20.9. The number of hydrogen-bond donors (Lipinski definition) is 3. The van der Waals surface area contributed by atoms with E-state index in [2.05, 4.69) is 10.3 Å². The van der Waals surface area contributed by atoms with Crippen LogP contribution in [0.25, 0.3) is 10.9 Å². The molecule has 0 atom stereocenters. The molecule has 0 saturated carbocycles. The van der Waals surface area contributed by atoms with E-state index in [1.165, 1.54) is 18.2 Å². The van der Waals surface area contributed by atoms with Crippen molar-refractivity contribution in [2.45, 2.75) is 25.4 Å². The Morgan fingerprint density at radius 2 is 1.72 bits per heavy atom. The average molecular weight is 403 g/mol. The summed E-state index contributed by atoms with van der Waals surface area (Å²) < 4.78 is 36.9. The number of amides is 2. The van der Waals surface area contributed by atoms with Crippen LogP contribution < -0.4 is 10.6 Å². The van der Waals surface area contributed by atoms with Gasteiger partial charge in [-0.05, 0) is 36.6 Å². The number of aromatic amines is 1. The van der Waals surface area contributed by atoms with E-state index < -0.39 is 18.6 Å². The van der Waals surface area contributed by atoms with Crippen molar-refractivity contribution in [3.63, 3.8) is 0 Å². The van der Waals surface area contributed by atoms with Crippen LogP contribution in [0.1, 0.15) is 28.8 Å². The molecule has 152 valence electrons. The van der Waals surface area contributed by atoms with E-state index in [1.54, 1.807) is 6.07 Å². The van der Waals surface area contributed by atoms with E-state index in [1.807, 2.05) is 35.8 Å². The van der Waals surface area contributed by atoms with Crippen LogP contribution in [0.2, 0.25) is 0 Å². The van der Waals surface area contributed by atoms with Gasteiger partial charge in [-0.15, -0.1) is 0 Å². The molecule has 0 radical (unpaired) electrons. The molecule has 2 aromatic carbocycles. The van der Waals surface area contributed by atoms with Gasteiger partial charge in [-0.1, -0.05) is 30.3 Å². The van der Waals surface area contributed by atoms with Crippen LogP contribution in [0.5, 0.6) is 0 Å². The summed E-state index contributed by atoms with van der Waals surface area (Å²) in [6, 6.07) is 13.9. The third-order valence-corrected chi connectivity index (χ3v) is 4.42. The normalized spacial score (nSPS) is 11.4. The summed E-state index contributed by atoms with van der Waals surface area (Å²) in [5.74, 6) is -1.20. The molecule has 3 rings (SSSR count). The molecule has 29 heavy (non-hydrogen) atoms. The molecule has 2 amide bonds. The molecular formula is C21H20F3N3O2. The second kappa shape index (κ2) is 8.81. The van der Waals surface area contributed by atoms with Crippen molar-refractivity contribution >= 4 is 28.4 Å². The van der Waals surface area contributed by atoms with E-state index in [0.717, 1.165) is 16.5 Å². The van der Waals surface area contributed by atoms with Crippen molar-refractivity contribution in [3.05, 3.63) is 65.9 Å². The highest BCUT2D eigenvalue weighted by Crippen LogP contribution is 2.20. The number of aromatic nitrogens is 1. The maximum absolute atomic E-state index is 12.3. The number of halogens is 3. The summed E-state index contributed by atoms with van der Waals surface area (Å²) >= 11 is 0.